The second kappa shape index (κ2) is 6.40. The summed E-state index contributed by atoms with van der Waals surface area (Å²) in [4.78, 5) is 26.1. The number of fused-ring (bicyclic) bond motifs is 1. The maximum absolute atomic E-state index is 13.0. The van der Waals surface area contributed by atoms with Crippen LogP contribution in [0.4, 0.5) is 0 Å². The third kappa shape index (κ3) is 3.03. The molecule has 2 aliphatic rings. The minimum absolute atomic E-state index is 0.0918. The van der Waals surface area contributed by atoms with Crippen LogP contribution in [0.15, 0.2) is 23.1 Å². The first kappa shape index (κ1) is 17.8. The minimum Gasteiger partial charge on any atom is -0.394 e. The van der Waals surface area contributed by atoms with E-state index in [1.165, 1.54) is 9.21 Å². The lowest BCUT2D eigenvalue weighted by Crippen LogP contribution is -2.70. The SMILES string of the molecule is Cc1ccc(C)c(S(=O)(=O)N2CCN3C(=O)[C@@H](CO)NC(=O)[C@H]3C2)c1. The van der Waals surface area contributed by atoms with Gasteiger partial charge in [0.15, 0.2) is 0 Å². The maximum atomic E-state index is 13.0. The van der Waals surface area contributed by atoms with E-state index in [-0.39, 0.29) is 30.4 Å². The Balaban J connectivity index is 1.88. The number of hydrogen-bond acceptors (Lipinski definition) is 5. The van der Waals surface area contributed by atoms with Crippen molar-refractivity contribution in [3.8, 4) is 0 Å². The first-order valence-corrected chi connectivity index (χ1v) is 9.49. The molecule has 2 heterocycles. The lowest BCUT2D eigenvalue weighted by atomic mass is 10.1. The molecule has 8 nitrogen and oxygen atoms in total. The Hall–Kier alpha value is -1.97. The predicted molar refractivity (Wildman–Crippen MR) is 89.2 cm³/mol. The van der Waals surface area contributed by atoms with Crippen molar-refractivity contribution < 1.29 is 23.1 Å². The molecule has 0 saturated carbocycles. The number of benzene rings is 1. The maximum Gasteiger partial charge on any atom is 0.248 e. The lowest BCUT2D eigenvalue weighted by Gasteiger charge is -2.44. The van der Waals surface area contributed by atoms with Gasteiger partial charge in [0.05, 0.1) is 11.5 Å². The molecule has 0 aliphatic carbocycles. The molecule has 0 radical (unpaired) electrons. The third-order valence-electron chi connectivity index (χ3n) is 4.69. The molecule has 0 unspecified atom stereocenters. The van der Waals surface area contributed by atoms with Gasteiger partial charge in [-0.05, 0) is 31.0 Å². The molecule has 1 aromatic rings. The number of amides is 2. The molecule has 136 valence electrons. The van der Waals surface area contributed by atoms with E-state index in [2.05, 4.69) is 5.32 Å². The van der Waals surface area contributed by atoms with Gasteiger partial charge >= 0.3 is 0 Å². The van der Waals surface area contributed by atoms with E-state index < -0.39 is 34.6 Å². The average Bonchev–Trinajstić information content (AvgIpc) is 2.59. The van der Waals surface area contributed by atoms with Crippen molar-refractivity contribution in [2.75, 3.05) is 26.2 Å². The molecule has 2 atom stereocenters. The van der Waals surface area contributed by atoms with Gasteiger partial charge in [-0.15, -0.1) is 0 Å². The number of hydrogen-bond donors (Lipinski definition) is 2. The van der Waals surface area contributed by atoms with Gasteiger partial charge in [-0.1, -0.05) is 12.1 Å². The highest BCUT2D eigenvalue weighted by Crippen LogP contribution is 2.25. The van der Waals surface area contributed by atoms with Crippen LogP contribution in [0, 0.1) is 13.8 Å². The highest BCUT2D eigenvalue weighted by atomic mass is 32.2. The number of aliphatic hydroxyl groups excluding tert-OH is 1. The molecule has 9 heteroatoms. The summed E-state index contributed by atoms with van der Waals surface area (Å²) in [6.45, 7) is 3.22. The summed E-state index contributed by atoms with van der Waals surface area (Å²) in [6, 6.07) is 3.38. The van der Waals surface area contributed by atoms with Crippen LogP contribution >= 0.6 is 0 Å². The Kier molecular flexibility index (Phi) is 4.56. The first-order chi connectivity index (χ1) is 11.8. The molecule has 3 rings (SSSR count). The molecule has 0 spiro atoms. The molecule has 0 bridgehead atoms. The van der Waals surface area contributed by atoms with Gasteiger partial charge in [-0.25, -0.2) is 8.42 Å². The number of aryl methyl sites for hydroxylation is 2. The molecule has 2 saturated heterocycles. The van der Waals surface area contributed by atoms with Crippen LogP contribution in [-0.2, 0) is 19.6 Å². The fraction of sp³-hybridized carbons (Fsp3) is 0.500. The molecule has 2 aliphatic heterocycles. The largest absolute Gasteiger partial charge is 0.394 e. The zero-order chi connectivity index (χ0) is 18.4. The highest BCUT2D eigenvalue weighted by molar-refractivity contribution is 7.89. The lowest BCUT2D eigenvalue weighted by molar-refractivity contribution is -0.152. The minimum atomic E-state index is -3.76. The van der Waals surface area contributed by atoms with Gasteiger partial charge < -0.3 is 15.3 Å². The van der Waals surface area contributed by atoms with Crippen molar-refractivity contribution in [1.82, 2.24) is 14.5 Å². The van der Waals surface area contributed by atoms with Crippen LogP contribution in [0.1, 0.15) is 11.1 Å². The second-order valence-electron chi connectivity index (χ2n) is 6.42. The number of sulfonamides is 1. The summed E-state index contributed by atoms with van der Waals surface area (Å²) in [7, 11) is -3.76. The summed E-state index contributed by atoms with van der Waals surface area (Å²) < 4.78 is 27.2. The summed E-state index contributed by atoms with van der Waals surface area (Å²) in [5.41, 5.74) is 1.47. The van der Waals surface area contributed by atoms with Gasteiger partial charge in [0, 0.05) is 19.6 Å². The third-order valence-corrected chi connectivity index (χ3v) is 6.69. The average molecular weight is 367 g/mol. The molecular weight excluding hydrogens is 346 g/mol. The second-order valence-corrected chi connectivity index (χ2v) is 8.33. The summed E-state index contributed by atoms with van der Waals surface area (Å²) in [6.07, 6.45) is 0. The molecule has 2 fully saturated rings. The number of nitrogens with one attached hydrogen (secondary N) is 1. The van der Waals surface area contributed by atoms with Gasteiger partial charge in [0.25, 0.3) is 0 Å². The Bertz CT molecular complexity index is 823. The number of piperazine rings is 2. The normalized spacial score (nSPS) is 24.8. The molecule has 25 heavy (non-hydrogen) atoms. The number of rotatable bonds is 3. The Morgan fingerprint density at radius 1 is 1.24 bits per heavy atom. The van der Waals surface area contributed by atoms with Gasteiger partial charge in [-0.2, -0.15) is 4.31 Å². The van der Waals surface area contributed by atoms with Gasteiger partial charge in [0.1, 0.15) is 12.1 Å². The number of aliphatic hydroxyl groups is 1. The van der Waals surface area contributed by atoms with Crippen LogP contribution in [0.2, 0.25) is 0 Å². The van der Waals surface area contributed by atoms with E-state index >= 15 is 0 Å². The monoisotopic (exact) mass is 367 g/mol. The van der Waals surface area contributed by atoms with Crippen LogP contribution in [-0.4, -0.2) is 72.9 Å². The quantitative estimate of drug-likeness (QED) is 0.712. The zero-order valence-corrected chi connectivity index (χ0v) is 14.9. The van der Waals surface area contributed by atoms with Crippen LogP contribution in [0.3, 0.4) is 0 Å². The summed E-state index contributed by atoms with van der Waals surface area (Å²) >= 11 is 0. The number of nitrogens with zero attached hydrogens (tertiary/aromatic N) is 2. The first-order valence-electron chi connectivity index (χ1n) is 8.05. The molecular formula is C16H21N3O5S. The predicted octanol–water partition coefficient (Wildman–Crippen LogP) is -1.00. The molecule has 2 N–H and O–H groups in total. The fourth-order valence-electron chi connectivity index (χ4n) is 3.24. The van der Waals surface area contributed by atoms with E-state index in [4.69, 9.17) is 0 Å². The van der Waals surface area contributed by atoms with Crippen molar-refractivity contribution in [3.05, 3.63) is 29.3 Å². The van der Waals surface area contributed by atoms with Crippen molar-refractivity contribution in [3.63, 3.8) is 0 Å². The number of carbonyl (C=O) groups is 2. The Labute approximate surface area is 146 Å². The zero-order valence-electron chi connectivity index (χ0n) is 14.1. The van der Waals surface area contributed by atoms with Gasteiger partial charge in [-0.3, -0.25) is 9.59 Å². The van der Waals surface area contributed by atoms with E-state index in [1.54, 1.807) is 19.1 Å². The van der Waals surface area contributed by atoms with Crippen LogP contribution in [0.25, 0.3) is 0 Å². The smallest absolute Gasteiger partial charge is 0.248 e. The topological polar surface area (TPSA) is 107 Å². The molecule has 0 aromatic heterocycles. The van der Waals surface area contributed by atoms with Crippen molar-refractivity contribution in [2.24, 2.45) is 0 Å². The number of carbonyl (C=O) groups excluding carboxylic acids is 2. The molecule has 1 aromatic carbocycles. The van der Waals surface area contributed by atoms with Crippen LogP contribution < -0.4 is 5.32 Å². The van der Waals surface area contributed by atoms with Crippen molar-refractivity contribution in [1.29, 1.82) is 0 Å². The van der Waals surface area contributed by atoms with E-state index in [0.717, 1.165) is 5.56 Å². The summed E-state index contributed by atoms with van der Waals surface area (Å²) in [5, 5.41) is 11.6. The Morgan fingerprint density at radius 2 is 1.96 bits per heavy atom. The van der Waals surface area contributed by atoms with E-state index in [9.17, 15) is 23.1 Å². The summed E-state index contributed by atoms with van der Waals surface area (Å²) in [5.74, 6) is -0.824. The Morgan fingerprint density at radius 3 is 2.64 bits per heavy atom. The standard InChI is InChI=1S/C16H21N3O5S/c1-10-3-4-11(2)14(7-10)25(23,24)18-5-6-19-13(8-18)15(21)17-12(9-20)16(19)22/h3-4,7,12-13,20H,5-6,8-9H2,1-2H3,(H,17,21)/t12-,13-/m1/s1. The van der Waals surface area contributed by atoms with Gasteiger partial charge in [0.2, 0.25) is 21.8 Å². The highest BCUT2D eigenvalue weighted by Gasteiger charge is 2.45. The molecule has 2 amide bonds. The fourth-order valence-corrected chi connectivity index (χ4v) is 4.99. The van der Waals surface area contributed by atoms with E-state index in [0.29, 0.717) is 5.56 Å². The van der Waals surface area contributed by atoms with Crippen molar-refractivity contribution in [2.45, 2.75) is 30.8 Å². The van der Waals surface area contributed by atoms with Crippen molar-refractivity contribution >= 4 is 21.8 Å². The van der Waals surface area contributed by atoms with E-state index in [1.807, 2.05) is 13.0 Å². The van der Waals surface area contributed by atoms with Crippen LogP contribution in [0.5, 0.6) is 0 Å².